The first-order valence-electron chi connectivity index (χ1n) is 7.57. The standard InChI is InChI=1S/C16H24FN3O/c1-20(14-4-2-3-5-14)9-8-19-11-13-7-6-12(16(18)21)10-15(13)17/h6-7,10,14,19H,2-5,8-9,11H2,1H3,(H2,18,21). The van der Waals surface area contributed by atoms with E-state index >= 15 is 0 Å². The highest BCUT2D eigenvalue weighted by Crippen LogP contribution is 2.21. The van der Waals surface area contributed by atoms with Crippen molar-refractivity contribution in [3.8, 4) is 0 Å². The van der Waals surface area contributed by atoms with Crippen molar-refractivity contribution in [3.63, 3.8) is 0 Å². The molecule has 1 fully saturated rings. The van der Waals surface area contributed by atoms with Gasteiger partial charge in [0.15, 0.2) is 0 Å². The van der Waals surface area contributed by atoms with Gasteiger partial charge in [-0.25, -0.2) is 4.39 Å². The van der Waals surface area contributed by atoms with Gasteiger partial charge in [0.1, 0.15) is 5.82 Å². The van der Waals surface area contributed by atoms with E-state index in [2.05, 4.69) is 17.3 Å². The molecule has 1 aromatic carbocycles. The summed E-state index contributed by atoms with van der Waals surface area (Å²) in [5, 5.41) is 3.25. The maximum Gasteiger partial charge on any atom is 0.248 e. The molecule has 0 saturated heterocycles. The predicted octanol–water partition coefficient (Wildman–Crippen LogP) is 1.89. The van der Waals surface area contributed by atoms with Crippen LogP contribution in [0.25, 0.3) is 0 Å². The summed E-state index contributed by atoms with van der Waals surface area (Å²) in [6.07, 6.45) is 5.25. The Kier molecular flexibility index (Phi) is 5.70. The van der Waals surface area contributed by atoms with Crippen molar-refractivity contribution in [3.05, 3.63) is 35.1 Å². The molecular weight excluding hydrogens is 269 g/mol. The number of nitrogens with one attached hydrogen (secondary N) is 1. The molecule has 3 N–H and O–H groups in total. The lowest BCUT2D eigenvalue weighted by molar-refractivity contribution is 0.1000. The third kappa shape index (κ3) is 4.51. The lowest BCUT2D eigenvalue weighted by atomic mass is 10.1. The van der Waals surface area contributed by atoms with Gasteiger partial charge >= 0.3 is 0 Å². The van der Waals surface area contributed by atoms with E-state index in [1.54, 1.807) is 12.1 Å². The van der Waals surface area contributed by atoms with E-state index in [1.807, 2.05) is 0 Å². The summed E-state index contributed by atoms with van der Waals surface area (Å²) in [6.45, 7) is 2.25. The van der Waals surface area contributed by atoms with E-state index in [0.29, 0.717) is 18.2 Å². The molecule has 1 aliphatic carbocycles. The second-order valence-electron chi connectivity index (χ2n) is 5.77. The van der Waals surface area contributed by atoms with Gasteiger partial charge in [0.2, 0.25) is 5.91 Å². The fraction of sp³-hybridized carbons (Fsp3) is 0.562. The molecule has 21 heavy (non-hydrogen) atoms. The molecule has 0 unspecified atom stereocenters. The van der Waals surface area contributed by atoms with Crippen molar-refractivity contribution in [2.45, 2.75) is 38.3 Å². The Morgan fingerprint density at radius 3 is 2.76 bits per heavy atom. The summed E-state index contributed by atoms with van der Waals surface area (Å²) < 4.78 is 13.8. The van der Waals surface area contributed by atoms with Gasteiger partial charge in [-0.15, -0.1) is 0 Å². The number of likely N-dealkylation sites (N-methyl/N-ethyl adjacent to an activating group) is 1. The first-order chi connectivity index (χ1) is 10.1. The number of nitrogens with zero attached hydrogens (tertiary/aromatic N) is 1. The quantitative estimate of drug-likeness (QED) is 0.755. The summed E-state index contributed by atoms with van der Waals surface area (Å²) in [7, 11) is 2.15. The Hall–Kier alpha value is -1.46. The van der Waals surface area contributed by atoms with Crippen LogP contribution in [0.2, 0.25) is 0 Å². The maximum atomic E-state index is 13.8. The number of primary amides is 1. The van der Waals surface area contributed by atoms with Crippen LogP contribution in [-0.2, 0) is 6.54 Å². The topological polar surface area (TPSA) is 58.4 Å². The summed E-state index contributed by atoms with van der Waals surface area (Å²) in [4.78, 5) is 13.3. The zero-order chi connectivity index (χ0) is 15.2. The van der Waals surface area contributed by atoms with E-state index < -0.39 is 5.91 Å². The number of amides is 1. The van der Waals surface area contributed by atoms with E-state index in [4.69, 9.17) is 5.73 Å². The van der Waals surface area contributed by atoms with E-state index in [-0.39, 0.29) is 11.4 Å². The normalized spacial score (nSPS) is 15.8. The molecule has 1 aromatic rings. The maximum absolute atomic E-state index is 13.8. The molecule has 4 nitrogen and oxygen atoms in total. The van der Waals surface area contributed by atoms with Crippen LogP contribution < -0.4 is 11.1 Å². The highest BCUT2D eigenvalue weighted by atomic mass is 19.1. The van der Waals surface area contributed by atoms with Gasteiger partial charge in [0, 0.05) is 36.8 Å². The Morgan fingerprint density at radius 2 is 2.14 bits per heavy atom. The smallest absolute Gasteiger partial charge is 0.248 e. The zero-order valence-electron chi connectivity index (χ0n) is 12.6. The van der Waals surface area contributed by atoms with Crippen LogP contribution in [0.5, 0.6) is 0 Å². The van der Waals surface area contributed by atoms with Crippen molar-refractivity contribution in [2.24, 2.45) is 5.73 Å². The first-order valence-corrected chi connectivity index (χ1v) is 7.57. The second-order valence-corrected chi connectivity index (χ2v) is 5.77. The lowest BCUT2D eigenvalue weighted by Crippen LogP contribution is -2.35. The van der Waals surface area contributed by atoms with Crippen molar-refractivity contribution >= 4 is 5.91 Å². The van der Waals surface area contributed by atoms with Crippen LogP contribution in [-0.4, -0.2) is 37.0 Å². The Balaban J connectivity index is 1.74. The molecule has 116 valence electrons. The molecule has 0 heterocycles. The van der Waals surface area contributed by atoms with Gasteiger partial charge in [-0.05, 0) is 32.0 Å². The Morgan fingerprint density at radius 1 is 1.43 bits per heavy atom. The summed E-state index contributed by atoms with van der Waals surface area (Å²) in [5.74, 6) is -0.991. The highest BCUT2D eigenvalue weighted by molar-refractivity contribution is 5.92. The fourth-order valence-electron chi connectivity index (χ4n) is 2.85. The van der Waals surface area contributed by atoms with Gasteiger partial charge in [-0.2, -0.15) is 0 Å². The molecule has 0 spiro atoms. The van der Waals surface area contributed by atoms with Crippen molar-refractivity contribution in [1.82, 2.24) is 10.2 Å². The minimum absolute atomic E-state index is 0.206. The number of halogens is 1. The molecule has 0 atom stereocenters. The molecule has 1 saturated carbocycles. The molecule has 2 rings (SSSR count). The number of carbonyl (C=O) groups excluding carboxylic acids is 1. The minimum atomic E-state index is -0.605. The average Bonchev–Trinajstić information content (AvgIpc) is 2.98. The molecule has 5 heteroatoms. The van der Waals surface area contributed by atoms with Gasteiger partial charge < -0.3 is 16.0 Å². The number of hydrogen-bond acceptors (Lipinski definition) is 3. The third-order valence-electron chi connectivity index (χ3n) is 4.24. The van der Waals surface area contributed by atoms with Gasteiger partial charge in [0.05, 0.1) is 0 Å². The van der Waals surface area contributed by atoms with Crippen LogP contribution in [0, 0.1) is 5.82 Å². The van der Waals surface area contributed by atoms with Crippen molar-refractivity contribution in [1.29, 1.82) is 0 Å². The number of nitrogens with two attached hydrogens (primary N) is 1. The number of rotatable bonds is 7. The third-order valence-corrected chi connectivity index (χ3v) is 4.24. The zero-order valence-corrected chi connectivity index (χ0v) is 12.6. The number of carbonyl (C=O) groups is 1. The molecule has 0 aliphatic heterocycles. The van der Waals surface area contributed by atoms with Crippen LogP contribution in [0.15, 0.2) is 18.2 Å². The van der Waals surface area contributed by atoms with Gasteiger partial charge in [-0.3, -0.25) is 4.79 Å². The second kappa shape index (κ2) is 7.52. The van der Waals surface area contributed by atoms with Gasteiger partial charge in [0.25, 0.3) is 0 Å². The Bertz CT molecular complexity index is 486. The van der Waals surface area contributed by atoms with Crippen LogP contribution in [0.4, 0.5) is 4.39 Å². The monoisotopic (exact) mass is 293 g/mol. The highest BCUT2D eigenvalue weighted by Gasteiger charge is 2.18. The van der Waals surface area contributed by atoms with Crippen molar-refractivity contribution < 1.29 is 9.18 Å². The van der Waals surface area contributed by atoms with Crippen LogP contribution in [0.1, 0.15) is 41.6 Å². The summed E-state index contributed by atoms with van der Waals surface area (Å²) in [5.41, 5.74) is 5.89. The molecule has 0 aromatic heterocycles. The largest absolute Gasteiger partial charge is 0.366 e. The Labute approximate surface area is 125 Å². The van der Waals surface area contributed by atoms with E-state index in [0.717, 1.165) is 13.1 Å². The van der Waals surface area contributed by atoms with Crippen LogP contribution in [0.3, 0.4) is 0 Å². The molecule has 1 amide bonds. The summed E-state index contributed by atoms with van der Waals surface area (Å²) >= 11 is 0. The minimum Gasteiger partial charge on any atom is -0.366 e. The molecule has 0 bridgehead atoms. The lowest BCUT2D eigenvalue weighted by Gasteiger charge is -2.24. The van der Waals surface area contributed by atoms with Crippen LogP contribution >= 0.6 is 0 Å². The predicted molar refractivity (Wildman–Crippen MR) is 81.5 cm³/mol. The van der Waals surface area contributed by atoms with Gasteiger partial charge in [-0.1, -0.05) is 18.9 Å². The average molecular weight is 293 g/mol. The SMILES string of the molecule is CN(CCNCc1ccc(C(N)=O)cc1F)C1CCCC1. The first kappa shape index (κ1) is 15.9. The molecular formula is C16H24FN3O. The number of benzene rings is 1. The van der Waals surface area contributed by atoms with E-state index in [9.17, 15) is 9.18 Å². The molecule has 0 radical (unpaired) electrons. The molecule has 1 aliphatic rings. The number of hydrogen-bond donors (Lipinski definition) is 2. The fourth-order valence-corrected chi connectivity index (χ4v) is 2.85. The van der Waals surface area contributed by atoms with Crippen molar-refractivity contribution in [2.75, 3.05) is 20.1 Å². The van der Waals surface area contributed by atoms with E-state index in [1.165, 1.54) is 31.7 Å². The summed E-state index contributed by atoms with van der Waals surface area (Å²) in [6, 6.07) is 5.08.